The molecule has 6 heteroatoms. The molecule has 0 aliphatic carbocycles. The Morgan fingerprint density at radius 1 is 1.32 bits per heavy atom. The average molecular weight is 380 g/mol. The molecule has 1 N–H and O–H groups in total. The Labute approximate surface area is 137 Å². The van der Waals surface area contributed by atoms with Crippen molar-refractivity contribution in [3.8, 4) is 5.75 Å². The van der Waals surface area contributed by atoms with Crippen LogP contribution in [0.3, 0.4) is 0 Å². The summed E-state index contributed by atoms with van der Waals surface area (Å²) in [5.74, 6) is 0.969. The number of halogens is 4. The molecule has 0 amide bonds. The van der Waals surface area contributed by atoms with Gasteiger partial charge in [-0.15, -0.1) is 0 Å². The van der Waals surface area contributed by atoms with Crippen LogP contribution in [-0.4, -0.2) is 19.2 Å². The molecule has 0 saturated carbocycles. The van der Waals surface area contributed by atoms with E-state index >= 15 is 0 Å². The molecule has 0 spiro atoms. The summed E-state index contributed by atoms with van der Waals surface area (Å²) in [6.45, 7) is 4.03. The van der Waals surface area contributed by atoms with Crippen LogP contribution < -0.4 is 10.1 Å². The van der Waals surface area contributed by atoms with Gasteiger partial charge in [-0.3, -0.25) is 0 Å². The highest BCUT2D eigenvalue weighted by Crippen LogP contribution is 2.37. The molecule has 1 atom stereocenters. The number of hydrogen-bond acceptors (Lipinski definition) is 2. The maximum Gasteiger partial charge on any atom is 0.417 e. The highest BCUT2D eigenvalue weighted by molar-refractivity contribution is 9.10. The summed E-state index contributed by atoms with van der Waals surface area (Å²) < 4.78 is 44.3. The first-order chi connectivity index (χ1) is 10.4. The van der Waals surface area contributed by atoms with Crippen LogP contribution in [0.5, 0.6) is 5.75 Å². The van der Waals surface area contributed by atoms with Crippen molar-refractivity contribution in [2.45, 2.75) is 44.9 Å². The molecule has 1 aliphatic rings. The van der Waals surface area contributed by atoms with Crippen LogP contribution >= 0.6 is 15.9 Å². The van der Waals surface area contributed by atoms with Crippen molar-refractivity contribution in [1.29, 1.82) is 0 Å². The fourth-order valence-corrected chi connectivity index (χ4v) is 3.20. The molecule has 2 nitrogen and oxygen atoms in total. The average Bonchev–Trinajstić information content (AvgIpc) is 2.47. The molecule has 0 bridgehead atoms. The molecule has 124 valence electrons. The van der Waals surface area contributed by atoms with Crippen molar-refractivity contribution in [3.05, 3.63) is 28.2 Å². The minimum Gasteiger partial charge on any atom is -0.491 e. The van der Waals surface area contributed by atoms with E-state index in [0.29, 0.717) is 5.92 Å². The molecule has 0 unspecified atom stereocenters. The topological polar surface area (TPSA) is 21.3 Å². The monoisotopic (exact) mass is 379 g/mol. The third-order valence-electron chi connectivity index (χ3n) is 4.02. The van der Waals surface area contributed by atoms with Gasteiger partial charge in [0, 0.05) is 4.47 Å². The first-order valence-electron chi connectivity index (χ1n) is 7.60. The zero-order valence-electron chi connectivity index (χ0n) is 12.5. The minimum atomic E-state index is -4.38. The zero-order valence-corrected chi connectivity index (χ0v) is 14.1. The highest BCUT2D eigenvalue weighted by atomic mass is 79.9. The van der Waals surface area contributed by atoms with Crippen LogP contribution in [-0.2, 0) is 6.18 Å². The molecule has 1 aromatic carbocycles. The van der Waals surface area contributed by atoms with Crippen molar-refractivity contribution < 1.29 is 17.9 Å². The second-order valence-corrected chi connectivity index (χ2v) is 6.69. The predicted molar refractivity (Wildman–Crippen MR) is 84.1 cm³/mol. The summed E-state index contributed by atoms with van der Waals surface area (Å²) in [6.07, 6.45) is -0.200. The lowest BCUT2D eigenvalue weighted by Crippen LogP contribution is -2.28. The summed E-state index contributed by atoms with van der Waals surface area (Å²) >= 11 is 2.93. The summed E-state index contributed by atoms with van der Waals surface area (Å²) in [5.41, 5.74) is -0.699. The Kier molecular flexibility index (Phi) is 6.15. The molecule has 1 fully saturated rings. The third-order valence-corrected chi connectivity index (χ3v) is 4.71. The molecule has 0 aromatic heterocycles. The maximum atomic E-state index is 12.9. The van der Waals surface area contributed by atoms with Crippen molar-refractivity contribution >= 4 is 15.9 Å². The SMILES string of the molecule is C[C@H](CCC1CCNCC1)Oc1ccc(Br)c(C(F)(F)F)c1. The molecule has 1 aliphatic heterocycles. The Morgan fingerprint density at radius 3 is 2.64 bits per heavy atom. The molecule has 0 radical (unpaired) electrons. The largest absolute Gasteiger partial charge is 0.491 e. The summed E-state index contributed by atoms with van der Waals surface area (Å²) in [6, 6.07) is 4.02. The number of piperidine rings is 1. The number of alkyl halides is 3. The predicted octanol–water partition coefficient (Wildman–Crippen LogP) is 5.02. The van der Waals surface area contributed by atoms with Gasteiger partial charge in [-0.05, 0) is 69.8 Å². The molecular formula is C16H21BrF3NO. The number of benzene rings is 1. The Balaban J connectivity index is 1.89. The number of rotatable bonds is 5. The standard InChI is InChI=1S/C16H21BrF3NO/c1-11(2-3-12-6-8-21-9-7-12)22-13-4-5-15(17)14(10-13)16(18,19)20/h4-5,10-12,21H,2-3,6-9H2,1H3/t11-/m1/s1. The Hall–Kier alpha value is -0.750. The molecule has 1 heterocycles. The molecule has 2 rings (SSSR count). The summed E-state index contributed by atoms with van der Waals surface area (Å²) in [7, 11) is 0. The third kappa shape index (κ3) is 5.16. The van der Waals surface area contributed by atoms with Gasteiger partial charge in [0.15, 0.2) is 0 Å². The summed E-state index contributed by atoms with van der Waals surface area (Å²) in [5, 5.41) is 3.33. The van der Waals surface area contributed by atoms with Crippen LogP contribution in [0.1, 0.15) is 38.2 Å². The van der Waals surface area contributed by atoms with Gasteiger partial charge in [0.25, 0.3) is 0 Å². The maximum absolute atomic E-state index is 12.9. The second-order valence-electron chi connectivity index (χ2n) is 5.84. The van der Waals surface area contributed by atoms with E-state index in [9.17, 15) is 13.2 Å². The van der Waals surface area contributed by atoms with Crippen LogP contribution in [0.4, 0.5) is 13.2 Å². The fraction of sp³-hybridized carbons (Fsp3) is 0.625. The van der Waals surface area contributed by atoms with E-state index in [4.69, 9.17) is 4.74 Å². The quantitative estimate of drug-likeness (QED) is 0.775. The number of ether oxygens (including phenoxy) is 1. The van der Waals surface area contributed by atoms with Gasteiger partial charge in [-0.1, -0.05) is 15.9 Å². The minimum absolute atomic E-state index is 0.0368. The first kappa shape index (κ1) is 17.6. The lowest BCUT2D eigenvalue weighted by atomic mass is 9.92. The van der Waals surface area contributed by atoms with Crippen LogP contribution in [0.15, 0.2) is 22.7 Å². The van der Waals surface area contributed by atoms with Crippen LogP contribution in [0.2, 0.25) is 0 Å². The van der Waals surface area contributed by atoms with E-state index in [0.717, 1.165) is 32.0 Å². The van der Waals surface area contributed by atoms with E-state index in [1.54, 1.807) is 6.07 Å². The van der Waals surface area contributed by atoms with Gasteiger partial charge >= 0.3 is 6.18 Å². The van der Waals surface area contributed by atoms with Gasteiger partial charge in [0.2, 0.25) is 0 Å². The molecule has 1 aromatic rings. The lowest BCUT2D eigenvalue weighted by molar-refractivity contribution is -0.138. The van der Waals surface area contributed by atoms with Gasteiger partial charge < -0.3 is 10.1 Å². The van der Waals surface area contributed by atoms with Crippen molar-refractivity contribution in [1.82, 2.24) is 5.32 Å². The normalized spacial score (nSPS) is 18.2. The van der Waals surface area contributed by atoms with E-state index in [1.165, 1.54) is 18.9 Å². The number of nitrogens with one attached hydrogen (secondary N) is 1. The van der Waals surface area contributed by atoms with E-state index in [-0.39, 0.29) is 16.3 Å². The summed E-state index contributed by atoms with van der Waals surface area (Å²) in [4.78, 5) is 0. The van der Waals surface area contributed by atoms with Crippen molar-refractivity contribution in [2.75, 3.05) is 13.1 Å². The van der Waals surface area contributed by atoms with Gasteiger partial charge in [-0.2, -0.15) is 13.2 Å². The first-order valence-corrected chi connectivity index (χ1v) is 8.39. The van der Waals surface area contributed by atoms with E-state index in [1.807, 2.05) is 6.92 Å². The molecule has 1 saturated heterocycles. The van der Waals surface area contributed by atoms with Crippen molar-refractivity contribution in [3.63, 3.8) is 0 Å². The molecular weight excluding hydrogens is 359 g/mol. The highest BCUT2D eigenvalue weighted by Gasteiger charge is 2.33. The lowest BCUT2D eigenvalue weighted by Gasteiger charge is -2.24. The number of hydrogen-bond donors (Lipinski definition) is 1. The van der Waals surface area contributed by atoms with E-state index in [2.05, 4.69) is 21.2 Å². The molecule has 22 heavy (non-hydrogen) atoms. The van der Waals surface area contributed by atoms with Gasteiger partial charge in [-0.25, -0.2) is 0 Å². The Morgan fingerprint density at radius 2 is 2.00 bits per heavy atom. The second kappa shape index (κ2) is 7.68. The van der Waals surface area contributed by atoms with Crippen LogP contribution in [0.25, 0.3) is 0 Å². The van der Waals surface area contributed by atoms with E-state index < -0.39 is 11.7 Å². The van der Waals surface area contributed by atoms with Crippen molar-refractivity contribution in [2.24, 2.45) is 5.92 Å². The zero-order chi connectivity index (χ0) is 16.2. The fourth-order valence-electron chi connectivity index (χ4n) is 2.73. The Bertz CT molecular complexity index is 487. The van der Waals surface area contributed by atoms with Gasteiger partial charge in [0.1, 0.15) is 5.75 Å². The van der Waals surface area contributed by atoms with Crippen LogP contribution in [0, 0.1) is 5.92 Å². The van der Waals surface area contributed by atoms with Gasteiger partial charge in [0.05, 0.1) is 11.7 Å². The smallest absolute Gasteiger partial charge is 0.417 e.